The summed E-state index contributed by atoms with van der Waals surface area (Å²) in [6.45, 7) is 13.6. The Bertz CT molecular complexity index is 910. The smallest absolute Gasteiger partial charge is 0.130 e. The fraction of sp³-hybridized carbons (Fsp3) is 0.480. The van der Waals surface area contributed by atoms with Crippen LogP contribution < -0.4 is 4.74 Å². The minimum absolute atomic E-state index is 0.0768. The number of ether oxygens (including phenoxy) is 1. The normalized spacial score (nSPS) is 14.2. The van der Waals surface area contributed by atoms with Gasteiger partial charge in [-0.1, -0.05) is 59.2 Å². The predicted molar refractivity (Wildman–Crippen MR) is 122 cm³/mol. The van der Waals surface area contributed by atoms with Gasteiger partial charge in [0.1, 0.15) is 16.4 Å². The lowest BCUT2D eigenvalue weighted by molar-refractivity contribution is -0.0321. The van der Waals surface area contributed by atoms with E-state index in [1.165, 1.54) is 10.3 Å². The molecule has 3 heteroatoms. The van der Waals surface area contributed by atoms with Crippen molar-refractivity contribution in [3.8, 4) is 16.3 Å². The van der Waals surface area contributed by atoms with Crippen molar-refractivity contribution >= 4 is 21.6 Å². The van der Waals surface area contributed by atoms with E-state index in [0.29, 0.717) is 0 Å². The molecular formula is C25H33NOS. The molecule has 0 bridgehead atoms. The fourth-order valence-electron chi connectivity index (χ4n) is 3.56. The largest absolute Gasteiger partial charge is 0.486 e. The summed E-state index contributed by atoms with van der Waals surface area (Å²) in [4.78, 5) is 4.90. The number of nitrogens with zero attached hydrogens (tertiary/aromatic N) is 1. The van der Waals surface area contributed by atoms with Crippen LogP contribution in [0.3, 0.4) is 0 Å². The Hall–Kier alpha value is -1.87. The molecule has 3 aromatic rings. The fourth-order valence-corrected chi connectivity index (χ4v) is 4.56. The number of aryl methyl sites for hydroxylation is 1. The van der Waals surface area contributed by atoms with Gasteiger partial charge >= 0.3 is 0 Å². The number of hydrogen-bond acceptors (Lipinski definition) is 3. The molecular weight excluding hydrogens is 362 g/mol. The summed E-state index contributed by atoms with van der Waals surface area (Å²) >= 11 is 1.74. The number of fused-ring (bicyclic) bond motifs is 1. The molecule has 0 radical (unpaired) electrons. The highest BCUT2D eigenvalue weighted by Crippen LogP contribution is 2.44. The van der Waals surface area contributed by atoms with Gasteiger partial charge in [-0.05, 0) is 56.0 Å². The van der Waals surface area contributed by atoms with Gasteiger partial charge < -0.3 is 4.74 Å². The van der Waals surface area contributed by atoms with Crippen LogP contribution in [0, 0.1) is 5.41 Å². The van der Waals surface area contributed by atoms with Crippen molar-refractivity contribution in [2.75, 3.05) is 0 Å². The molecule has 0 aliphatic rings. The van der Waals surface area contributed by atoms with E-state index in [-0.39, 0.29) is 11.0 Å². The maximum absolute atomic E-state index is 6.84. The van der Waals surface area contributed by atoms with E-state index in [4.69, 9.17) is 9.72 Å². The van der Waals surface area contributed by atoms with Crippen LogP contribution in [0.5, 0.6) is 5.75 Å². The van der Waals surface area contributed by atoms with Gasteiger partial charge in [0.05, 0.1) is 15.8 Å². The maximum atomic E-state index is 6.84. The van der Waals surface area contributed by atoms with Crippen LogP contribution in [0.15, 0.2) is 42.5 Å². The first-order chi connectivity index (χ1) is 13.3. The summed E-state index contributed by atoms with van der Waals surface area (Å²) < 4.78 is 8.06. The lowest BCUT2D eigenvalue weighted by Gasteiger charge is -2.43. The maximum Gasteiger partial charge on any atom is 0.130 e. The number of benzene rings is 2. The lowest BCUT2D eigenvalue weighted by Crippen LogP contribution is -2.46. The van der Waals surface area contributed by atoms with Gasteiger partial charge in [0.2, 0.25) is 0 Å². The molecule has 2 nitrogen and oxygen atoms in total. The van der Waals surface area contributed by atoms with Gasteiger partial charge in [0, 0.05) is 5.41 Å². The van der Waals surface area contributed by atoms with Gasteiger partial charge in [-0.25, -0.2) is 4.98 Å². The van der Waals surface area contributed by atoms with Crippen LogP contribution in [-0.2, 0) is 6.42 Å². The summed E-state index contributed by atoms with van der Waals surface area (Å²) in [5.74, 6) is 0.968. The Morgan fingerprint density at radius 3 is 2.36 bits per heavy atom. The highest BCUT2D eigenvalue weighted by Gasteiger charge is 2.41. The zero-order valence-electron chi connectivity index (χ0n) is 18.1. The summed E-state index contributed by atoms with van der Waals surface area (Å²) in [6.07, 6.45) is 4.23. The van der Waals surface area contributed by atoms with E-state index in [9.17, 15) is 0 Å². The third-order valence-electron chi connectivity index (χ3n) is 6.43. The Labute approximate surface area is 174 Å². The van der Waals surface area contributed by atoms with Crippen LogP contribution in [-0.4, -0.2) is 10.6 Å². The van der Waals surface area contributed by atoms with Crippen LogP contribution in [0.4, 0.5) is 0 Å². The van der Waals surface area contributed by atoms with Gasteiger partial charge in [0.15, 0.2) is 0 Å². The molecule has 0 saturated heterocycles. The highest BCUT2D eigenvalue weighted by atomic mass is 32.1. The van der Waals surface area contributed by atoms with E-state index < -0.39 is 0 Å². The summed E-state index contributed by atoms with van der Waals surface area (Å²) in [6, 6.07) is 15.0. The Morgan fingerprint density at radius 1 is 0.964 bits per heavy atom. The minimum Gasteiger partial charge on any atom is -0.486 e. The molecule has 0 aliphatic carbocycles. The van der Waals surface area contributed by atoms with Crippen LogP contribution in [0.2, 0.25) is 0 Å². The molecule has 1 atom stereocenters. The van der Waals surface area contributed by atoms with E-state index in [1.807, 2.05) is 6.07 Å². The van der Waals surface area contributed by atoms with E-state index in [2.05, 4.69) is 77.9 Å². The van der Waals surface area contributed by atoms with Crippen molar-refractivity contribution in [1.82, 2.24) is 4.98 Å². The van der Waals surface area contributed by atoms with Crippen molar-refractivity contribution in [2.24, 2.45) is 5.41 Å². The number of para-hydroxylation sites is 1. The molecule has 28 heavy (non-hydrogen) atoms. The Morgan fingerprint density at radius 2 is 1.71 bits per heavy atom. The predicted octanol–water partition coefficient (Wildman–Crippen LogP) is 7.90. The molecule has 0 fully saturated rings. The first kappa shape index (κ1) is 20.9. The molecule has 1 heterocycles. The standard InChI is InChI=1S/C25H33NOS/c1-7-12-18-15-16-19(23-26-20-13-10-11-14-22(20)28-23)21(17-18)27-25(6,9-3)24(4,5)8-2/h10-11,13-17H,7-9,12H2,1-6H3. The second kappa shape index (κ2) is 8.24. The Kier molecular flexibility index (Phi) is 6.14. The number of rotatable bonds is 8. The van der Waals surface area contributed by atoms with E-state index >= 15 is 0 Å². The van der Waals surface area contributed by atoms with Crippen LogP contribution in [0.1, 0.15) is 66.4 Å². The minimum atomic E-state index is -0.238. The Balaban J connectivity index is 2.10. The topological polar surface area (TPSA) is 22.1 Å². The summed E-state index contributed by atoms with van der Waals surface area (Å²) in [5.41, 5.74) is 3.33. The zero-order valence-corrected chi connectivity index (χ0v) is 19.0. The van der Waals surface area contributed by atoms with Crippen molar-refractivity contribution in [1.29, 1.82) is 0 Å². The highest BCUT2D eigenvalue weighted by molar-refractivity contribution is 7.21. The number of hydrogen-bond donors (Lipinski definition) is 0. The molecule has 0 N–H and O–H groups in total. The van der Waals surface area contributed by atoms with Crippen molar-refractivity contribution in [2.45, 2.75) is 72.8 Å². The zero-order chi connectivity index (χ0) is 20.4. The van der Waals surface area contributed by atoms with Crippen LogP contribution in [0.25, 0.3) is 20.8 Å². The van der Waals surface area contributed by atoms with Crippen LogP contribution >= 0.6 is 11.3 Å². The molecule has 1 unspecified atom stereocenters. The quantitative estimate of drug-likeness (QED) is 0.387. The second-order valence-electron chi connectivity index (χ2n) is 8.49. The number of thiazole rings is 1. The third kappa shape index (κ3) is 3.96. The molecule has 0 spiro atoms. The molecule has 0 aliphatic heterocycles. The summed E-state index contributed by atoms with van der Waals surface area (Å²) in [7, 11) is 0. The number of aromatic nitrogens is 1. The van der Waals surface area contributed by atoms with Crippen molar-refractivity contribution in [3.05, 3.63) is 48.0 Å². The first-order valence-electron chi connectivity index (χ1n) is 10.5. The molecule has 0 amide bonds. The van der Waals surface area contributed by atoms with Gasteiger partial charge in [0.25, 0.3) is 0 Å². The molecule has 2 aromatic carbocycles. The molecule has 0 saturated carbocycles. The van der Waals surface area contributed by atoms with Gasteiger partial charge in [-0.2, -0.15) is 0 Å². The average molecular weight is 396 g/mol. The van der Waals surface area contributed by atoms with Gasteiger partial charge in [-0.3, -0.25) is 0 Å². The summed E-state index contributed by atoms with van der Waals surface area (Å²) in [5, 5.41) is 1.03. The van der Waals surface area contributed by atoms with E-state index in [1.54, 1.807) is 11.3 Å². The van der Waals surface area contributed by atoms with Crippen molar-refractivity contribution < 1.29 is 4.74 Å². The van der Waals surface area contributed by atoms with E-state index in [0.717, 1.165) is 47.5 Å². The SMILES string of the molecule is CCCc1ccc(-c2nc3ccccc3s2)c(OC(C)(CC)C(C)(C)CC)c1. The third-order valence-corrected chi connectivity index (χ3v) is 7.50. The van der Waals surface area contributed by atoms with Gasteiger partial charge in [-0.15, -0.1) is 11.3 Å². The molecule has 1 aromatic heterocycles. The first-order valence-corrected chi connectivity index (χ1v) is 11.3. The average Bonchev–Trinajstić information content (AvgIpc) is 3.12. The monoisotopic (exact) mass is 395 g/mol. The lowest BCUT2D eigenvalue weighted by atomic mass is 9.72. The van der Waals surface area contributed by atoms with Crippen molar-refractivity contribution in [3.63, 3.8) is 0 Å². The molecule has 3 rings (SSSR count). The molecule has 150 valence electrons. The second-order valence-corrected chi connectivity index (χ2v) is 9.52.